The molecule has 0 bridgehead atoms. The van der Waals surface area contributed by atoms with E-state index in [0.717, 1.165) is 21.1 Å². The topological polar surface area (TPSA) is 54.9 Å². The van der Waals surface area contributed by atoms with Crippen LogP contribution >= 0.6 is 22.7 Å². The number of hydrogen-bond donors (Lipinski definition) is 1. The van der Waals surface area contributed by atoms with Crippen LogP contribution in [0.3, 0.4) is 0 Å². The number of pyridine rings is 1. The van der Waals surface area contributed by atoms with Gasteiger partial charge in [0.1, 0.15) is 5.01 Å². The van der Waals surface area contributed by atoms with E-state index in [0.29, 0.717) is 13.0 Å². The van der Waals surface area contributed by atoms with Gasteiger partial charge in [-0.2, -0.15) is 0 Å². The number of rotatable bonds is 5. The maximum Gasteiger partial charge on any atom is 0.226 e. The minimum absolute atomic E-state index is 0.0260. The van der Waals surface area contributed by atoms with Crippen LogP contribution in [0.15, 0.2) is 47.4 Å². The lowest BCUT2D eigenvalue weighted by molar-refractivity contribution is -0.120. The van der Waals surface area contributed by atoms with Gasteiger partial charge in [0.2, 0.25) is 5.91 Å². The predicted molar refractivity (Wildman–Crippen MR) is 85.2 cm³/mol. The van der Waals surface area contributed by atoms with Crippen LogP contribution < -0.4 is 5.32 Å². The van der Waals surface area contributed by atoms with E-state index < -0.39 is 0 Å². The number of carbonyl (C=O) groups is 1. The third kappa shape index (κ3) is 3.74. The van der Waals surface area contributed by atoms with Crippen LogP contribution in [0.25, 0.3) is 9.88 Å². The molecule has 1 N–H and O–H groups in total. The Morgan fingerprint density at radius 3 is 2.95 bits per heavy atom. The zero-order valence-corrected chi connectivity index (χ0v) is 12.8. The highest BCUT2D eigenvalue weighted by Gasteiger charge is 2.09. The van der Waals surface area contributed by atoms with Gasteiger partial charge in [0.15, 0.2) is 0 Å². The molecule has 0 atom stereocenters. The normalized spacial score (nSPS) is 10.5. The molecule has 0 unspecified atom stereocenters. The Balaban J connectivity index is 1.55. The molecule has 3 heterocycles. The molecule has 0 saturated carbocycles. The smallest absolute Gasteiger partial charge is 0.226 e. The number of aromatic nitrogens is 2. The summed E-state index contributed by atoms with van der Waals surface area (Å²) in [5.41, 5.74) is 1.80. The lowest BCUT2D eigenvalue weighted by Crippen LogP contribution is -2.24. The average Bonchev–Trinajstić information content (AvgIpc) is 3.17. The largest absolute Gasteiger partial charge is 0.352 e. The number of amides is 1. The van der Waals surface area contributed by atoms with Crippen LogP contribution in [-0.4, -0.2) is 15.9 Å². The zero-order chi connectivity index (χ0) is 14.5. The zero-order valence-electron chi connectivity index (χ0n) is 11.2. The van der Waals surface area contributed by atoms with Gasteiger partial charge < -0.3 is 5.32 Å². The quantitative estimate of drug-likeness (QED) is 0.787. The summed E-state index contributed by atoms with van der Waals surface area (Å²) >= 11 is 3.23. The van der Waals surface area contributed by atoms with Gasteiger partial charge in [0, 0.05) is 24.3 Å². The lowest BCUT2D eigenvalue weighted by Gasteiger charge is -2.03. The number of thiazole rings is 1. The Morgan fingerprint density at radius 2 is 2.19 bits per heavy atom. The molecule has 21 heavy (non-hydrogen) atoms. The second-order valence-corrected chi connectivity index (χ2v) is 6.24. The molecule has 4 nitrogen and oxygen atoms in total. The first-order valence-corrected chi connectivity index (χ1v) is 8.21. The molecule has 0 fully saturated rings. The highest BCUT2D eigenvalue weighted by atomic mass is 32.1. The van der Waals surface area contributed by atoms with Crippen LogP contribution in [-0.2, 0) is 17.8 Å². The minimum Gasteiger partial charge on any atom is -0.352 e. The highest BCUT2D eigenvalue weighted by molar-refractivity contribution is 7.20. The van der Waals surface area contributed by atoms with E-state index in [9.17, 15) is 4.79 Å². The molecule has 0 aromatic carbocycles. The van der Waals surface area contributed by atoms with Gasteiger partial charge in [0.25, 0.3) is 0 Å². The van der Waals surface area contributed by atoms with E-state index in [2.05, 4.69) is 15.3 Å². The standard InChI is InChI=1S/C15H13N3OS2/c19-14(17-9-11-3-1-5-16-8-11)7-12-10-21-15(18-12)13-4-2-6-20-13/h1-6,8,10H,7,9H2,(H,17,19). The van der Waals surface area contributed by atoms with E-state index in [4.69, 9.17) is 0 Å². The molecule has 0 aliphatic heterocycles. The van der Waals surface area contributed by atoms with E-state index in [1.54, 1.807) is 35.1 Å². The van der Waals surface area contributed by atoms with Crippen molar-refractivity contribution >= 4 is 28.6 Å². The third-order valence-corrected chi connectivity index (χ3v) is 4.77. The van der Waals surface area contributed by atoms with Crippen molar-refractivity contribution in [2.45, 2.75) is 13.0 Å². The molecular weight excluding hydrogens is 302 g/mol. The van der Waals surface area contributed by atoms with Crippen LogP contribution in [0.2, 0.25) is 0 Å². The fourth-order valence-corrected chi connectivity index (χ4v) is 3.47. The summed E-state index contributed by atoms with van der Waals surface area (Å²) in [7, 11) is 0. The molecule has 0 spiro atoms. The molecule has 3 aromatic heterocycles. The van der Waals surface area contributed by atoms with Crippen molar-refractivity contribution in [3.8, 4) is 9.88 Å². The number of hydrogen-bond acceptors (Lipinski definition) is 5. The fourth-order valence-electron chi connectivity index (χ4n) is 1.83. The maximum atomic E-state index is 11.9. The van der Waals surface area contributed by atoms with Gasteiger partial charge in [-0.05, 0) is 23.1 Å². The molecule has 106 valence electrons. The van der Waals surface area contributed by atoms with Gasteiger partial charge in [-0.15, -0.1) is 22.7 Å². The Hall–Kier alpha value is -2.05. The molecule has 6 heteroatoms. The van der Waals surface area contributed by atoms with Gasteiger partial charge in [-0.25, -0.2) is 4.98 Å². The van der Waals surface area contributed by atoms with Gasteiger partial charge in [-0.3, -0.25) is 9.78 Å². The van der Waals surface area contributed by atoms with E-state index in [1.807, 2.05) is 35.0 Å². The monoisotopic (exact) mass is 315 g/mol. The SMILES string of the molecule is O=C(Cc1csc(-c2cccs2)n1)NCc1cccnc1. The van der Waals surface area contributed by atoms with E-state index >= 15 is 0 Å². The van der Waals surface area contributed by atoms with Gasteiger partial charge >= 0.3 is 0 Å². The first kappa shape index (κ1) is 13.9. The molecule has 3 rings (SSSR count). The van der Waals surface area contributed by atoms with Gasteiger partial charge in [0.05, 0.1) is 17.0 Å². The van der Waals surface area contributed by atoms with Crippen molar-refractivity contribution in [2.75, 3.05) is 0 Å². The molecule has 3 aromatic rings. The van der Waals surface area contributed by atoms with E-state index in [-0.39, 0.29) is 5.91 Å². The van der Waals surface area contributed by atoms with Crippen molar-refractivity contribution < 1.29 is 4.79 Å². The fraction of sp³-hybridized carbons (Fsp3) is 0.133. The lowest BCUT2D eigenvalue weighted by atomic mass is 10.2. The van der Waals surface area contributed by atoms with Crippen LogP contribution in [0.5, 0.6) is 0 Å². The van der Waals surface area contributed by atoms with Crippen molar-refractivity contribution in [3.63, 3.8) is 0 Å². The Bertz CT molecular complexity index is 708. The summed E-state index contributed by atoms with van der Waals surface area (Å²) in [4.78, 5) is 21.6. The first-order chi connectivity index (χ1) is 10.3. The summed E-state index contributed by atoms with van der Waals surface area (Å²) < 4.78 is 0. The van der Waals surface area contributed by atoms with Gasteiger partial charge in [-0.1, -0.05) is 12.1 Å². The second-order valence-electron chi connectivity index (χ2n) is 4.44. The molecule has 1 amide bonds. The Morgan fingerprint density at radius 1 is 1.24 bits per heavy atom. The molecule has 0 aliphatic rings. The number of nitrogens with zero attached hydrogens (tertiary/aromatic N) is 2. The molecule has 0 aliphatic carbocycles. The second kappa shape index (κ2) is 6.60. The molecule has 0 radical (unpaired) electrons. The summed E-state index contributed by atoms with van der Waals surface area (Å²) in [6, 6.07) is 7.83. The van der Waals surface area contributed by atoms with Crippen LogP contribution in [0, 0.1) is 0 Å². The third-order valence-electron chi connectivity index (χ3n) is 2.84. The highest BCUT2D eigenvalue weighted by Crippen LogP contribution is 2.27. The van der Waals surface area contributed by atoms with Crippen molar-refractivity contribution in [1.82, 2.24) is 15.3 Å². The average molecular weight is 315 g/mol. The summed E-state index contributed by atoms with van der Waals surface area (Å²) in [6.45, 7) is 0.495. The van der Waals surface area contributed by atoms with E-state index in [1.165, 1.54) is 0 Å². The predicted octanol–water partition coefficient (Wildman–Crippen LogP) is 3.13. The Kier molecular flexibility index (Phi) is 4.37. The van der Waals surface area contributed by atoms with Crippen molar-refractivity contribution in [1.29, 1.82) is 0 Å². The minimum atomic E-state index is -0.0260. The van der Waals surface area contributed by atoms with Crippen molar-refractivity contribution in [3.05, 3.63) is 58.7 Å². The molecule has 0 saturated heterocycles. The van der Waals surface area contributed by atoms with Crippen LogP contribution in [0.4, 0.5) is 0 Å². The molecular formula is C15H13N3OS2. The Labute approximate surface area is 130 Å². The summed E-state index contributed by atoms with van der Waals surface area (Å²) in [5.74, 6) is -0.0260. The number of nitrogens with one attached hydrogen (secondary N) is 1. The number of thiophene rings is 1. The summed E-state index contributed by atoms with van der Waals surface area (Å²) in [5, 5.41) is 7.82. The van der Waals surface area contributed by atoms with Crippen molar-refractivity contribution in [2.24, 2.45) is 0 Å². The maximum absolute atomic E-state index is 11.9. The summed E-state index contributed by atoms with van der Waals surface area (Å²) in [6.07, 6.45) is 3.77. The van der Waals surface area contributed by atoms with Crippen LogP contribution in [0.1, 0.15) is 11.3 Å². The first-order valence-electron chi connectivity index (χ1n) is 6.45. The number of carbonyl (C=O) groups excluding carboxylic acids is 1.